The Labute approximate surface area is 204 Å². The number of aliphatic hydroxyl groups excluding tert-OH is 1. The highest BCUT2D eigenvalue weighted by Gasteiger charge is 2.45. The highest BCUT2D eigenvalue weighted by Crippen LogP contribution is 2.47. The molecule has 0 bridgehead atoms. The summed E-state index contributed by atoms with van der Waals surface area (Å²) in [5.74, 6) is -0.882. The van der Waals surface area contributed by atoms with E-state index in [-0.39, 0.29) is 46.0 Å². The fourth-order valence-corrected chi connectivity index (χ4v) is 5.11. The van der Waals surface area contributed by atoms with E-state index in [0.29, 0.717) is 24.2 Å². The van der Waals surface area contributed by atoms with Gasteiger partial charge in [0.2, 0.25) is 5.78 Å². The van der Waals surface area contributed by atoms with Gasteiger partial charge in [-0.1, -0.05) is 49.4 Å². The van der Waals surface area contributed by atoms with Gasteiger partial charge in [-0.15, -0.1) is 0 Å². The predicted molar refractivity (Wildman–Crippen MR) is 130 cm³/mol. The van der Waals surface area contributed by atoms with Crippen LogP contribution in [0.15, 0.2) is 54.6 Å². The molecule has 0 radical (unpaired) electrons. The normalized spacial score (nSPS) is 20.3. The van der Waals surface area contributed by atoms with E-state index in [1.54, 1.807) is 19.1 Å². The number of benzene rings is 3. The number of carbonyl (C=O) groups is 2. The number of fused-ring (bicyclic) bond motifs is 4. The lowest BCUT2D eigenvalue weighted by Crippen LogP contribution is -2.48. The van der Waals surface area contributed by atoms with Crippen molar-refractivity contribution in [2.75, 3.05) is 0 Å². The third-order valence-corrected chi connectivity index (χ3v) is 7.34. The predicted octanol–water partition coefficient (Wildman–Crippen LogP) is 5.05. The van der Waals surface area contributed by atoms with E-state index in [1.807, 2.05) is 44.2 Å². The third kappa shape index (κ3) is 3.74. The number of aromatic hydroxyl groups is 1. The summed E-state index contributed by atoms with van der Waals surface area (Å²) in [6.45, 7) is 6.10. The second-order valence-electron chi connectivity index (χ2n) is 9.52. The zero-order valence-corrected chi connectivity index (χ0v) is 20.0. The van der Waals surface area contributed by atoms with Crippen LogP contribution in [0.3, 0.4) is 0 Å². The summed E-state index contributed by atoms with van der Waals surface area (Å²) in [4.78, 5) is 26.9. The van der Waals surface area contributed by atoms with Gasteiger partial charge in [0.1, 0.15) is 23.2 Å². The smallest absolute Gasteiger partial charge is 0.201 e. The molecule has 1 aliphatic heterocycles. The van der Waals surface area contributed by atoms with Gasteiger partial charge >= 0.3 is 0 Å². The Morgan fingerprint density at radius 1 is 1.03 bits per heavy atom. The topological polar surface area (TPSA) is 93.1 Å². The van der Waals surface area contributed by atoms with Crippen LogP contribution < -0.4 is 4.74 Å². The van der Waals surface area contributed by atoms with Crippen LogP contribution >= 0.6 is 0 Å². The van der Waals surface area contributed by atoms with Gasteiger partial charge in [0, 0.05) is 23.1 Å². The molecule has 3 atom stereocenters. The molecule has 180 valence electrons. The number of hydrogen-bond donors (Lipinski definition) is 2. The van der Waals surface area contributed by atoms with Crippen LogP contribution in [0.1, 0.15) is 81.3 Å². The quantitative estimate of drug-likeness (QED) is 0.422. The molecule has 0 saturated heterocycles. The Morgan fingerprint density at radius 3 is 2.49 bits per heavy atom. The van der Waals surface area contributed by atoms with Crippen molar-refractivity contribution in [3.8, 4) is 11.5 Å². The standard InChI is InChI=1S/C29H28O6/c1-4-29(3,34-15-17-9-6-5-7-10-17)22-14-21(31)23-16(2)13-19-25(28(23)35-22)27(33)24-18(26(19)32)11-8-12-20(24)30/h5-13,21-22,30-31H,4,14-15H2,1-3H3/t21-,22-,29?/m1/s1. The maximum atomic E-state index is 13.6. The minimum atomic E-state index is -0.895. The third-order valence-electron chi connectivity index (χ3n) is 7.34. The number of ketones is 2. The molecule has 3 aromatic carbocycles. The lowest BCUT2D eigenvalue weighted by molar-refractivity contribution is -0.130. The van der Waals surface area contributed by atoms with Crippen molar-refractivity contribution >= 4 is 11.6 Å². The number of aliphatic hydroxyl groups is 1. The Morgan fingerprint density at radius 2 is 1.77 bits per heavy atom. The maximum Gasteiger partial charge on any atom is 0.201 e. The zero-order valence-electron chi connectivity index (χ0n) is 20.0. The summed E-state index contributed by atoms with van der Waals surface area (Å²) >= 11 is 0. The summed E-state index contributed by atoms with van der Waals surface area (Å²) in [5, 5.41) is 21.6. The van der Waals surface area contributed by atoms with Crippen LogP contribution in [0, 0.1) is 6.92 Å². The first-order valence-electron chi connectivity index (χ1n) is 11.9. The van der Waals surface area contributed by atoms with Gasteiger partial charge in [0.15, 0.2) is 5.78 Å². The Bertz CT molecular complexity index is 1330. The molecule has 2 aliphatic rings. The lowest BCUT2D eigenvalue weighted by atomic mass is 9.78. The first kappa shape index (κ1) is 23.3. The summed E-state index contributed by atoms with van der Waals surface area (Å²) in [5.41, 5.74) is 1.89. The molecule has 6 nitrogen and oxygen atoms in total. The molecule has 6 heteroatoms. The van der Waals surface area contributed by atoms with Crippen LogP contribution in [0.5, 0.6) is 11.5 Å². The molecular weight excluding hydrogens is 444 g/mol. The number of rotatable bonds is 5. The van der Waals surface area contributed by atoms with Gasteiger partial charge in [-0.3, -0.25) is 9.59 Å². The van der Waals surface area contributed by atoms with E-state index in [4.69, 9.17) is 9.47 Å². The van der Waals surface area contributed by atoms with Crippen molar-refractivity contribution in [1.29, 1.82) is 0 Å². The van der Waals surface area contributed by atoms with Crippen molar-refractivity contribution in [3.63, 3.8) is 0 Å². The highest BCUT2D eigenvalue weighted by molar-refractivity contribution is 6.30. The molecule has 0 fully saturated rings. The summed E-state index contributed by atoms with van der Waals surface area (Å²) < 4.78 is 12.8. The highest BCUT2D eigenvalue weighted by atomic mass is 16.6. The van der Waals surface area contributed by atoms with Crippen LogP contribution in [0.25, 0.3) is 0 Å². The van der Waals surface area contributed by atoms with Gasteiger partial charge in [0.05, 0.1) is 23.8 Å². The SMILES string of the molecule is CCC(C)(OCc1ccccc1)[C@H]1C[C@@H](O)c2c(C)cc3c(c2O1)C(=O)c1c(O)cccc1C3=O. The van der Waals surface area contributed by atoms with Gasteiger partial charge in [0.25, 0.3) is 0 Å². The Hall–Kier alpha value is -3.48. The molecule has 0 saturated carbocycles. The van der Waals surface area contributed by atoms with Crippen molar-refractivity contribution < 1.29 is 29.3 Å². The van der Waals surface area contributed by atoms with Crippen LogP contribution in [0.4, 0.5) is 0 Å². The number of hydrogen-bond acceptors (Lipinski definition) is 6. The second kappa shape index (κ2) is 8.63. The van der Waals surface area contributed by atoms with Crippen molar-refractivity contribution in [3.05, 3.63) is 93.5 Å². The monoisotopic (exact) mass is 472 g/mol. The number of ether oxygens (including phenoxy) is 2. The number of phenolic OH excluding ortho intramolecular Hbond substituents is 1. The molecule has 2 N–H and O–H groups in total. The van der Waals surface area contributed by atoms with Gasteiger partial charge in [-0.25, -0.2) is 0 Å². The first-order valence-corrected chi connectivity index (χ1v) is 11.9. The molecule has 1 aliphatic carbocycles. The number of carbonyl (C=O) groups excluding carboxylic acids is 2. The van der Waals surface area contributed by atoms with Gasteiger partial charge in [-0.05, 0) is 43.5 Å². The fourth-order valence-electron chi connectivity index (χ4n) is 5.11. The van der Waals surface area contributed by atoms with E-state index in [9.17, 15) is 19.8 Å². The number of aryl methyl sites for hydroxylation is 1. The molecular formula is C29H28O6. The van der Waals surface area contributed by atoms with E-state index < -0.39 is 23.6 Å². The van der Waals surface area contributed by atoms with E-state index in [1.165, 1.54) is 12.1 Å². The Balaban J connectivity index is 1.57. The summed E-state index contributed by atoms with van der Waals surface area (Å²) in [6.07, 6.45) is -0.556. The van der Waals surface area contributed by atoms with Crippen molar-refractivity contribution in [1.82, 2.24) is 0 Å². The minimum absolute atomic E-state index is 0.0325. The maximum absolute atomic E-state index is 13.6. The van der Waals surface area contributed by atoms with E-state index in [0.717, 1.165) is 5.56 Å². The van der Waals surface area contributed by atoms with Crippen LogP contribution in [-0.4, -0.2) is 33.5 Å². The Kier molecular flexibility index (Phi) is 5.74. The van der Waals surface area contributed by atoms with Crippen LogP contribution in [0.2, 0.25) is 0 Å². The average Bonchev–Trinajstić information content (AvgIpc) is 2.85. The molecule has 3 aromatic rings. The van der Waals surface area contributed by atoms with Crippen molar-refractivity contribution in [2.24, 2.45) is 0 Å². The summed E-state index contributed by atoms with van der Waals surface area (Å²) in [6, 6.07) is 15.9. The molecule has 0 aromatic heterocycles. The van der Waals surface area contributed by atoms with E-state index >= 15 is 0 Å². The molecule has 0 amide bonds. The lowest BCUT2D eigenvalue weighted by Gasteiger charge is -2.42. The fraction of sp³-hybridized carbons (Fsp3) is 0.310. The first-order chi connectivity index (χ1) is 16.7. The largest absolute Gasteiger partial charge is 0.507 e. The second-order valence-corrected chi connectivity index (χ2v) is 9.52. The summed E-state index contributed by atoms with van der Waals surface area (Å²) in [7, 11) is 0. The molecule has 5 rings (SSSR count). The molecule has 35 heavy (non-hydrogen) atoms. The molecule has 1 heterocycles. The van der Waals surface area contributed by atoms with Crippen molar-refractivity contribution in [2.45, 2.75) is 58.0 Å². The number of phenols is 1. The van der Waals surface area contributed by atoms with Gasteiger partial charge < -0.3 is 19.7 Å². The van der Waals surface area contributed by atoms with Gasteiger partial charge in [-0.2, -0.15) is 0 Å². The van der Waals surface area contributed by atoms with Crippen LogP contribution in [-0.2, 0) is 11.3 Å². The van der Waals surface area contributed by atoms with E-state index in [2.05, 4.69) is 0 Å². The molecule has 1 unspecified atom stereocenters. The minimum Gasteiger partial charge on any atom is -0.507 e. The molecule has 0 spiro atoms. The average molecular weight is 473 g/mol. The zero-order chi connectivity index (χ0) is 24.9.